The van der Waals surface area contributed by atoms with Gasteiger partial charge >= 0.3 is 0 Å². The summed E-state index contributed by atoms with van der Waals surface area (Å²) in [6, 6.07) is 0. The fourth-order valence-electron chi connectivity index (χ4n) is 2.22. The fourth-order valence-corrected chi connectivity index (χ4v) is 2.22. The molecule has 2 heterocycles. The summed E-state index contributed by atoms with van der Waals surface area (Å²) in [5, 5.41) is 0. The number of nitrogens with zero attached hydrogens (tertiary/aromatic N) is 3. The third kappa shape index (κ3) is 3.57. The molecular formula is C13H21N3O2. The lowest BCUT2D eigenvalue weighted by Gasteiger charge is -2.32. The van der Waals surface area contributed by atoms with Gasteiger partial charge < -0.3 is 14.2 Å². The molecule has 5 nitrogen and oxygen atoms in total. The summed E-state index contributed by atoms with van der Waals surface area (Å²) in [6.45, 7) is 4.84. The molecule has 1 fully saturated rings. The lowest BCUT2D eigenvalue weighted by Crippen LogP contribution is -2.44. The van der Waals surface area contributed by atoms with Crippen molar-refractivity contribution >= 4 is 5.91 Å². The zero-order valence-electron chi connectivity index (χ0n) is 10.9. The van der Waals surface area contributed by atoms with Crippen LogP contribution in [0.25, 0.3) is 0 Å². The van der Waals surface area contributed by atoms with Crippen molar-refractivity contribution in [3.05, 3.63) is 18.7 Å². The smallest absolute Gasteiger partial charge is 0.242 e. The zero-order chi connectivity index (χ0) is 12.8. The average Bonchev–Trinajstić information content (AvgIpc) is 2.89. The van der Waals surface area contributed by atoms with Crippen LogP contribution in [0, 0.1) is 0 Å². The third-order valence-electron chi connectivity index (χ3n) is 3.17. The van der Waals surface area contributed by atoms with Gasteiger partial charge in [0.2, 0.25) is 5.91 Å². The molecule has 18 heavy (non-hydrogen) atoms. The first-order valence-electron chi connectivity index (χ1n) is 6.64. The third-order valence-corrected chi connectivity index (χ3v) is 3.17. The van der Waals surface area contributed by atoms with Crippen LogP contribution in [-0.4, -0.2) is 46.2 Å². The number of rotatable bonds is 5. The maximum atomic E-state index is 12.1. The van der Waals surface area contributed by atoms with Gasteiger partial charge in [0.1, 0.15) is 6.54 Å². The second-order valence-corrected chi connectivity index (χ2v) is 4.71. The zero-order valence-corrected chi connectivity index (χ0v) is 10.9. The van der Waals surface area contributed by atoms with E-state index in [1.54, 1.807) is 17.1 Å². The van der Waals surface area contributed by atoms with Gasteiger partial charge in [0.25, 0.3) is 0 Å². The largest absolute Gasteiger partial charge is 0.376 e. The van der Waals surface area contributed by atoms with Gasteiger partial charge in [-0.05, 0) is 19.3 Å². The summed E-state index contributed by atoms with van der Waals surface area (Å²) in [6.07, 6.45) is 8.51. The van der Waals surface area contributed by atoms with Gasteiger partial charge in [-0.1, -0.05) is 6.92 Å². The molecule has 0 bridgehead atoms. The maximum Gasteiger partial charge on any atom is 0.242 e. The van der Waals surface area contributed by atoms with E-state index in [4.69, 9.17) is 4.74 Å². The minimum atomic E-state index is 0.151. The molecule has 1 aliphatic rings. The van der Waals surface area contributed by atoms with Crippen LogP contribution in [0.3, 0.4) is 0 Å². The van der Waals surface area contributed by atoms with Crippen molar-refractivity contribution in [1.82, 2.24) is 14.5 Å². The highest BCUT2D eigenvalue weighted by Crippen LogP contribution is 2.14. The number of aromatic nitrogens is 2. The number of piperidine rings is 1. The molecule has 0 aromatic carbocycles. The van der Waals surface area contributed by atoms with Crippen molar-refractivity contribution in [2.24, 2.45) is 0 Å². The van der Waals surface area contributed by atoms with E-state index in [0.717, 1.165) is 39.0 Å². The number of ether oxygens (including phenoxy) is 1. The first-order chi connectivity index (χ1) is 8.79. The molecule has 0 aliphatic carbocycles. The molecule has 1 aliphatic heterocycles. The van der Waals surface area contributed by atoms with Gasteiger partial charge in [0, 0.05) is 32.1 Å². The van der Waals surface area contributed by atoms with Gasteiger partial charge in [0.15, 0.2) is 0 Å². The Balaban J connectivity index is 1.82. The Kier molecular flexibility index (Phi) is 4.75. The normalized spacial score (nSPS) is 20.1. The van der Waals surface area contributed by atoms with Crippen LogP contribution in [0.2, 0.25) is 0 Å². The van der Waals surface area contributed by atoms with Crippen molar-refractivity contribution in [3.63, 3.8) is 0 Å². The summed E-state index contributed by atoms with van der Waals surface area (Å²) in [7, 11) is 0. The summed E-state index contributed by atoms with van der Waals surface area (Å²) >= 11 is 0. The van der Waals surface area contributed by atoms with E-state index in [2.05, 4.69) is 11.9 Å². The molecule has 100 valence electrons. The molecule has 0 saturated carbocycles. The van der Waals surface area contributed by atoms with Gasteiger partial charge in [-0.25, -0.2) is 4.98 Å². The van der Waals surface area contributed by atoms with Crippen molar-refractivity contribution < 1.29 is 9.53 Å². The van der Waals surface area contributed by atoms with Crippen LogP contribution in [0.5, 0.6) is 0 Å². The summed E-state index contributed by atoms with van der Waals surface area (Å²) < 4.78 is 7.54. The number of hydrogen-bond acceptors (Lipinski definition) is 3. The van der Waals surface area contributed by atoms with E-state index in [1.165, 1.54) is 0 Å². The Morgan fingerprint density at radius 1 is 1.56 bits per heavy atom. The molecular weight excluding hydrogens is 230 g/mol. The Morgan fingerprint density at radius 2 is 2.44 bits per heavy atom. The van der Waals surface area contributed by atoms with Crippen LogP contribution >= 0.6 is 0 Å². The number of amides is 1. The predicted molar refractivity (Wildman–Crippen MR) is 68.1 cm³/mol. The van der Waals surface area contributed by atoms with Crippen LogP contribution in [0.4, 0.5) is 0 Å². The van der Waals surface area contributed by atoms with Gasteiger partial charge in [-0.2, -0.15) is 0 Å². The minimum absolute atomic E-state index is 0.151. The first-order valence-corrected chi connectivity index (χ1v) is 6.64. The second kappa shape index (κ2) is 6.54. The second-order valence-electron chi connectivity index (χ2n) is 4.71. The van der Waals surface area contributed by atoms with Gasteiger partial charge in [-0.15, -0.1) is 0 Å². The molecule has 1 aromatic rings. The SMILES string of the molecule is CCCOC1CCCN(C(=O)Cn2ccnc2)C1. The maximum absolute atomic E-state index is 12.1. The molecule has 0 radical (unpaired) electrons. The monoisotopic (exact) mass is 251 g/mol. The van der Waals surface area contributed by atoms with Crippen LogP contribution in [0.15, 0.2) is 18.7 Å². The van der Waals surface area contributed by atoms with Crippen LogP contribution < -0.4 is 0 Å². The molecule has 1 saturated heterocycles. The van der Waals surface area contributed by atoms with Gasteiger partial charge in [-0.3, -0.25) is 4.79 Å². The summed E-state index contributed by atoms with van der Waals surface area (Å²) in [4.78, 5) is 18.0. The van der Waals surface area contributed by atoms with E-state index in [9.17, 15) is 4.79 Å². The van der Waals surface area contributed by atoms with E-state index in [0.29, 0.717) is 6.54 Å². The van der Waals surface area contributed by atoms with Gasteiger partial charge in [0.05, 0.1) is 12.4 Å². The number of carbonyl (C=O) groups excluding carboxylic acids is 1. The lowest BCUT2D eigenvalue weighted by atomic mass is 10.1. The number of likely N-dealkylation sites (tertiary alicyclic amines) is 1. The quantitative estimate of drug-likeness (QED) is 0.792. The highest BCUT2D eigenvalue weighted by molar-refractivity contribution is 5.76. The Labute approximate surface area is 108 Å². The average molecular weight is 251 g/mol. The molecule has 2 rings (SSSR count). The van der Waals surface area contributed by atoms with Crippen LogP contribution in [0.1, 0.15) is 26.2 Å². The van der Waals surface area contributed by atoms with E-state index in [-0.39, 0.29) is 12.0 Å². The number of imidazole rings is 1. The van der Waals surface area contributed by atoms with Crippen molar-refractivity contribution in [2.45, 2.75) is 38.8 Å². The van der Waals surface area contributed by atoms with E-state index < -0.39 is 0 Å². The van der Waals surface area contributed by atoms with E-state index in [1.807, 2.05) is 11.1 Å². The van der Waals surface area contributed by atoms with E-state index >= 15 is 0 Å². The van der Waals surface area contributed by atoms with Crippen molar-refractivity contribution in [3.8, 4) is 0 Å². The molecule has 1 atom stereocenters. The van der Waals surface area contributed by atoms with Crippen molar-refractivity contribution in [2.75, 3.05) is 19.7 Å². The first kappa shape index (κ1) is 13.1. The predicted octanol–water partition coefficient (Wildman–Crippen LogP) is 1.30. The standard InChI is InChI=1S/C13H21N3O2/c1-2-8-18-12-4-3-6-16(9-12)13(17)10-15-7-5-14-11-15/h5,7,11-12H,2-4,6,8-10H2,1H3. The van der Waals surface area contributed by atoms with Crippen molar-refractivity contribution in [1.29, 1.82) is 0 Å². The number of carbonyl (C=O) groups is 1. The minimum Gasteiger partial charge on any atom is -0.376 e. The highest BCUT2D eigenvalue weighted by atomic mass is 16.5. The topological polar surface area (TPSA) is 47.4 Å². The molecule has 0 spiro atoms. The summed E-state index contributed by atoms with van der Waals surface area (Å²) in [5.41, 5.74) is 0. The van der Waals surface area contributed by atoms with Crippen LogP contribution in [-0.2, 0) is 16.1 Å². The Hall–Kier alpha value is -1.36. The lowest BCUT2D eigenvalue weighted by molar-refractivity contribution is -0.136. The molecule has 0 N–H and O–H groups in total. The Bertz CT molecular complexity index is 364. The molecule has 5 heteroatoms. The molecule has 1 amide bonds. The molecule has 1 aromatic heterocycles. The highest BCUT2D eigenvalue weighted by Gasteiger charge is 2.23. The number of hydrogen-bond donors (Lipinski definition) is 0. The fraction of sp³-hybridized carbons (Fsp3) is 0.692. The molecule has 1 unspecified atom stereocenters. The summed E-state index contributed by atoms with van der Waals surface area (Å²) in [5.74, 6) is 0.151. The Morgan fingerprint density at radius 3 is 3.17 bits per heavy atom.